The molecular weight excluding hydrogens is 244 g/mol. The Kier molecular flexibility index (Phi) is 6.83. The Morgan fingerprint density at radius 2 is 2.00 bits per heavy atom. The first-order chi connectivity index (χ1) is 8.59. The zero-order valence-electron chi connectivity index (χ0n) is 11.1. The standard InChI is InChI=1S/C14H22N2OS/c1-16(2)10-6-9-15-14(17)13(18)11-12-7-4-3-5-8-12/h3-5,7-8,13,18H,6,9-11H2,1-2H3,(H,15,17). The lowest BCUT2D eigenvalue weighted by Crippen LogP contribution is -2.34. The molecule has 0 bridgehead atoms. The summed E-state index contributed by atoms with van der Waals surface area (Å²) >= 11 is 4.36. The van der Waals surface area contributed by atoms with E-state index in [1.54, 1.807) is 0 Å². The van der Waals surface area contributed by atoms with E-state index in [1.807, 2.05) is 44.4 Å². The Morgan fingerprint density at radius 3 is 2.61 bits per heavy atom. The van der Waals surface area contributed by atoms with Crippen molar-refractivity contribution in [3.63, 3.8) is 0 Å². The van der Waals surface area contributed by atoms with Gasteiger partial charge in [0.25, 0.3) is 0 Å². The fraction of sp³-hybridized carbons (Fsp3) is 0.500. The predicted octanol–water partition coefficient (Wildman–Crippen LogP) is 1.60. The third kappa shape index (κ3) is 6.07. The van der Waals surface area contributed by atoms with Crippen LogP contribution in [0.2, 0.25) is 0 Å². The second kappa shape index (κ2) is 8.16. The van der Waals surface area contributed by atoms with Crippen molar-refractivity contribution >= 4 is 18.5 Å². The lowest BCUT2D eigenvalue weighted by molar-refractivity contribution is -0.120. The molecule has 0 spiro atoms. The molecule has 0 saturated heterocycles. The lowest BCUT2D eigenvalue weighted by atomic mass is 10.1. The van der Waals surface area contributed by atoms with Gasteiger partial charge in [-0.25, -0.2) is 0 Å². The Labute approximate surface area is 115 Å². The highest BCUT2D eigenvalue weighted by Crippen LogP contribution is 2.07. The van der Waals surface area contributed by atoms with Gasteiger partial charge in [0, 0.05) is 6.54 Å². The van der Waals surface area contributed by atoms with E-state index in [0.29, 0.717) is 13.0 Å². The first-order valence-electron chi connectivity index (χ1n) is 6.24. The van der Waals surface area contributed by atoms with Gasteiger partial charge >= 0.3 is 0 Å². The molecule has 1 unspecified atom stereocenters. The summed E-state index contributed by atoms with van der Waals surface area (Å²) in [5.41, 5.74) is 1.14. The Bertz CT molecular complexity index is 354. The van der Waals surface area contributed by atoms with E-state index in [4.69, 9.17) is 0 Å². The lowest BCUT2D eigenvalue weighted by Gasteiger charge is -2.13. The van der Waals surface area contributed by atoms with Crippen LogP contribution in [0.1, 0.15) is 12.0 Å². The molecule has 0 aromatic heterocycles. The maximum atomic E-state index is 11.8. The van der Waals surface area contributed by atoms with Gasteiger partial charge in [-0.15, -0.1) is 0 Å². The Morgan fingerprint density at radius 1 is 1.33 bits per heavy atom. The number of nitrogens with one attached hydrogen (secondary N) is 1. The molecule has 100 valence electrons. The number of thiol groups is 1. The number of hydrogen-bond donors (Lipinski definition) is 2. The van der Waals surface area contributed by atoms with Gasteiger partial charge in [-0.1, -0.05) is 30.3 Å². The van der Waals surface area contributed by atoms with Gasteiger partial charge in [0.2, 0.25) is 5.91 Å². The van der Waals surface area contributed by atoms with Crippen LogP contribution in [0.15, 0.2) is 30.3 Å². The Hall–Kier alpha value is -1.00. The fourth-order valence-corrected chi connectivity index (χ4v) is 1.96. The van der Waals surface area contributed by atoms with E-state index in [9.17, 15) is 4.79 Å². The fourth-order valence-electron chi connectivity index (χ4n) is 1.65. The molecule has 0 aliphatic heterocycles. The molecule has 4 heteroatoms. The summed E-state index contributed by atoms with van der Waals surface area (Å²) in [5.74, 6) is 0.0148. The molecule has 1 atom stereocenters. The average molecular weight is 266 g/mol. The van der Waals surface area contributed by atoms with E-state index >= 15 is 0 Å². The molecular formula is C14H22N2OS. The molecule has 0 radical (unpaired) electrons. The summed E-state index contributed by atoms with van der Waals surface area (Å²) in [4.78, 5) is 13.9. The van der Waals surface area contributed by atoms with E-state index in [1.165, 1.54) is 0 Å². The first-order valence-corrected chi connectivity index (χ1v) is 6.75. The van der Waals surface area contributed by atoms with Crippen LogP contribution in [0, 0.1) is 0 Å². The van der Waals surface area contributed by atoms with Crippen molar-refractivity contribution in [3.05, 3.63) is 35.9 Å². The molecule has 1 aromatic rings. The largest absolute Gasteiger partial charge is 0.355 e. The van der Waals surface area contributed by atoms with Crippen LogP contribution >= 0.6 is 12.6 Å². The Balaban J connectivity index is 2.25. The van der Waals surface area contributed by atoms with Crippen LogP contribution in [-0.2, 0) is 11.2 Å². The molecule has 0 heterocycles. The van der Waals surface area contributed by atoms with E-state index in [2.05, 4.69) is 22.8 Å². The third-order valence-corrected chi connectivity index (χ3v) is 3.07. The van der Waals surface area contributed by atoms with Gasteiger partial charge in [0.05, 0.1) is 5.25 Å². The number of amides is 1. The van der Waals surface area contributed by atoms with Crippen molar-refractivity contribution in [2.75, 3.05) is 27.2 Å². The highest BCUT2D eigenvalue weighted by atomic mass is 32.1. The van der Waals surface area contributed by atoms with Crippen molar-refractivity contribution in [1.82, 2.24) is 10.2 Å². The van der Waals surface area contributed by atoms with Crippen molar-refractivity contribution in [3.8, 4) is 0 Å². The number of carbonyl (C=O) groups excluding carboxylic acids is 1. The number of hydrogen-bond acceptors (Lipinski definition) is 3. The normalized spacial score (nSPS) is 12.4. The minimum Gasteiger partial charge on any atom is -0.355 e. The zero-order valence-corrected chi connectivity index (χ0v) is 12.0. The van der Waals surface area contributed by atoms with Crippen LogP contribution in [0.4, 0.5) is 0 Å². The highest BCUT2D eigenvalue weighted by Gasteiger charge is 2.13. The summed E-state index contributed by atoms with van der Waals surface area (Å²) in [6.45, 7) is 1.69. The van der Waals surface area contributed by atoms with Gasteiger partial charge in [-0.3, -0.25) is 4.79 Å². The van der Waals surface area contributed by atoms with Crippen LogP contribution < -0.4 is 5.32 Å². The maximum Gasteiger partial charge on any atom is 0.233 e. The second-order valence-electron chi connectivity index (χ2n) is 4.65. The number of benzene rings is 1. The summed E-state index contributed by atoms with van der Waals surface area (Å²) in [6, 6.07) is 9.96. The molecule has 0 fully saturated rings. The van der Waals surface area contributed by atoms with Crippen molar-refractivity contribution in [1.29, 1.82) is 0 Å². The quantitative estimate of drug-likeness (QED) is 0.580. The third-order valence-electron chi connectivity index (χ3n) is 2.66. The summed E-state index contributed by atoms with van der Waals surface area (Å²) in [6.07, 6.45) is 1.63. The van der Waals surface area contributed by atoms with E-state index < -0.39 is 0 Å². The number of carbonyl (C=O) groups is 1. The second-order valence-corrected chi connectivity index (χ2v) is 5.28. The van der Waals surface area contributed by atoms with Gasteiger partial charge in [-0.05, 0) is 39.0 Å². The van der Waals surface area contributed by atoms with Crippen molar-refractivity contribution < 1.29 is 4.79 Å². The minimum absolute atomic E-state index is 0.0148. The van der Waals surface area contributed by atoms with Crippen molar-refractivity contribution in [2.24, 2.45) is 0 Å². The molecule has 1 N–H and O–H groups in total. The average Bonchev–Trinajstić information content (AvgIpc) is 2.35. The SMILES string of the molecule is CN(C)CCCNC(=O)C(S)Cc1ccccc1. The first kappa shape index (κ1) is 15.1. The smallest absolute Gasteiger partial charge is 0.233 e. The molecule has 0 saturated carbocycles. The van der Waals surface area contributed by atoms with Crippen LogP contribution in [0.25, 0.3) is 0 Å². The molecule has 18 heavy (non-hydrogen) atoms. The minimum atomic E-state index is -0.272. The van der Waals surface area contributed by atoms with Crippen LogP contribution in [0.5, 0.6) is 0 Å². The molecule has 0 aliphatic carbocycles. The number of rotatable bonds is 7. The molecule has 0 aliphatic rings. The van der Waals surface area contributed by atoms with Crippen LogP contribution in [-0.4, -0.2) is 43.2 Å². The highest BCUT2D eigenvalue weighted by molar-refractivity contribution is 7.81. The molecule has 1 amide bonds. The van der Waals surface area contributed by atoms with Gasteiger partial charge in [0.15, 0.2) is 0 Å². The summed E-state index contributed by atoms with van der Waals surface area (Å²) in [5, 5.41) is 2.64. The summed E-state index contributed by atoms with van der Waals surface area (Å²) < 4.78 is 0. The van der Waals surface area contributed by atoms with Gasteiger partial charge in [-0.2, -0.15) is 12.6 Å². The summed E-state index contributed by atoms with van der Waals surface area (Å²) in [7, 11) is 4.05. The van der Waals surface area contributed by atoms with Crippen molar-refractivity contribution in [2.45, 2.75) is 18.1 Å². The van der Waals surface area contributed by atoms with Gasteiger partial charge in [0.1, 0.15) is 0 Å². The monoisotopic (exact) mass is 266 g/mol. The molecule has 1 rings (SSSR count). The number of nitrogens with zero attached hydrogens (tertiary/aromatic N) is 1. The van der Waals surface area contributed by atoms with Crippen LogP contribution in [0.3, 0.4) is 0 Å². The van der Waals surface area contributed by atoms with E-state index in [-0.39, 0.29) is 11.2 Å². The molecule has 3 nitrogen and oxygen atoms in total. The van der Waals surface area contributed by atoms with E-state index in [0.717, 1.165) is 18.5 Å². The maximum absolute atomic E-state index is 11.8. The zero-order chi connectivity index (χ0) is 13.4. The predicted molar refractivity (Wildman–Crippen MR) is 79.1 cm³/mol. The van der Waals surface area contributed by atoms with Gasteiger partial charge < -0.3 is 10.2 Å². The topological polar surface area (TPSA) is 32.3 Å². The molecule has 1 aromatic carbocycles.